The molecule has 3 aromatic rings. The fourth-order valence-electron chi connectivity index (χ4n) is 5.69. The molecule has 3 rings (SSSR count). The summed E-state index contributed by atoms with van der Waals surface area (Å²) < 4.78 is 28.2. The van der Waals surface area contributed by atoms with Crippen LogP contribution in [0.2, 0.25) is 0 Å². The molecule has 0 heterocycles. The predicted octanol–water partition coefficient (Wildman–Crippen LogP) is 10.9. The van der Waals surface area contributed by atoms with Gasteiger partial charge < -0.3 is 18.9 Å². The molecule has 2 unspecified atom stereocenters. The van der Waals surface area contributed by atoms with E-state index in [1.807, 2.05) is 12.1 Å². The van der Waals surface area contributed by atoms with Crippen molar-refractivity contribution in [3.05, 3.63) is 82.9 Å². The lowest BCUT2D eigenvalue weighted by atomic mass is 9.81. The van der Waals surface area contributed by atoms with Crippen molar-refractivity contribution >= 4 is 18.5 Å². The molecule has 6 heteroatoms. The summed E-state index contributed by atoms with van der Waals surface area (Å²) in [6.07, 6.45) is 0. The van der Waals surface area contributed by atoms with Gasteiger partial charge in [-0.05, 0) is 130 Å². The Kier molecular flexibility index (Phi) is 10.8. The van der Waals surface area contributed by atoms with E-state index in [0.29, 0.717) is 0 Å². The van der Waals surface area contributed by atoms with Gasteiger partial charge in [-0.2, -0.15) is 0 Å². The van der Waals surface area contributed by atoms with Crippen molar-refractivity contribution in [3.8, 4) is 22.3 Å². The van der Waals surface area contributed by atoms with Gasteiger partial charge in [-0.15, -0.1) is 0 Å². The van der Waals surface area contributed by atoms with Crippen LogP contribution in [-0.4, -0.2) is 22.4 Å². The number of ether oxygens (including phenoxy) is 4. The van der Waals surface area contributed by atoms with Crippen LogP contribution in [0.25, 0.3) is 22.3 Å². The molecule has 0 aromatic heterocycles. The molecular weight excluding hydrogens is 582 g/mol. The SMILES string of the molecule is Cc1c(C)c(-c2ccccc2)c(C(P)(OC(C)(C)C)OC(C)(C)C)c(C(P)(OC(C)(C)C)OC(C)(C)C)c1-c1ccccc1. The maximum absolute atomic E-state index is 7.05. The smallest absolute Gasteiger partial charge is 0.209 e. The van der Waals surface area contributed by atoms with Gasteiger partial charge in [0.2, 0.25) is 11.1 Å². The van der Waals surface area contributed by atoms with Gasteiger partial charge in [0.15, 0.2) is 0 Å². The first-order valence-corrected chi connectivity index (χ1v) is 16.7. The van der Waals surface area contributed by atoms with E-state index in [4.69, 9.17) is 18.9 Å². The van der Waals surface area contributed by atoms with Gasteiger partial charge in [0.05, 0.1) is 22.4 Å². The van der Waals surface area contributed by atoms with Crippen LogP contribution in [0.15, 0.2) is 60.7 Å². The molecule has 242 valence electrons. The Morgan fingerprint density at radius 2 is 0.636 bits per heavy atom. The van der Waals surface area contributed by atoms with Crippen LogP contribution < -0.4 is 0 Å². The minimum Gasteiger partial charge on any atom is -0.337 e. The van der Waals surface area contributed by atoms with Crippen LogP contribution in [0.1, 0.15) is 105 Å². The molecule has 44 heavy (non-hydrogen) atoms. The lowest BCUT2D eigenvalue weighted by molar-refractivity contribution is -0.279. The summed E-state index contributed by atoms with van der Waals surface area (Å²) in [4.78, 5) is 0. The highest BCUT2D eigenvalue weighted by atomic mass is 31.0. The maximum atomic E-state index is 7.05. The van der Waals surface area contributed by atoms with Crippen molar-refractivity contribution in [2.75, 3.05) is 0 Å². The first-order chi connectivity index (χ1) is 19.9. The van der Waals surface area contributed by atoms with Gasteiger partial charge in [0.1, 0.15) is 0 Å². The van der Waals surface area contributed by atoms with E-state index in [2.05, 4.69) is 164 Å². The molecule has 0 aliphatic carbocycles. The first kappa shape index (κ1) is 36.8. The fraction of sp³-hybridized carbons (Fsp3) is 0.526. The Bertz CT molecular complexity index is 1280. The highest BCUT2D eigenvalue weighted by molar-refractivity contribution is 7.18. The van der Waals surface area contributed by atoms with Gasteiger partial charge in [0, 0.05) is 11.1 Å². The normalized spacial score (nSPS) is 13.8. The third kappa shape index (κ3) is 9.22. The molecule has 0 saturated carbocycles. The van der Waals surface area contributed by atoms with Gasteiger partial charge >= 0.3 is 0 Å². The van der Waals surface area contributed by atoms with Crippen molar-refractivity contribution in [2.24, 2.45) is 0 Å². The Hall–Kier alpha value is -1.64. The zero-order valence-electron chi connectivity index (χ0n) is 29.6. The van der Waals surface area contributed by atoms with Gasteiger partial charge in [-0.25, -0.2) is 0 Å². The Morgan fingerprint density at radius 1 is 0.409 bits per heavy atom. The molecule has 0 N–H and O–H groups in total. The van der Waals surface area contributed by atoms with E-state index < -0.39 is 33.5 Å². The van der Waals surface area contributed by atoms with E-state index in [-0.39, 0.29) is 0 Å². The molecular formula is C38H56O4P2. The second-order valence-corrected chi connectivity index (χ2v) is 17.2. The van der Waals surface area contributed by atoms with Crippen LogP contribution in [0.5, 0.6) is 0 Å². The van der Waals surface area contributed by atoms with E-state index >= 15 is 0 Å². The van der Waals surface area contributed by atoms with Gasteiger partial charge in [-0.1, -0.05) is 79.1 Å². The van der Waals surface area contributed by atoms with Gasteiger partial charge in [-0.3, -0.25) is 0 Å². The molecule has 0 amide bonds. The third-order valence-corrected chi connectivity index (χ3v) is 7.76. The van der Waals surface area contributed by atoms with Crippen LogP contribution in [0.3, 0.4) is 0 Å². The monoisotopic (exact) mass is 638 g/mol. The predicted molar refractivity (Wildman–Crippen MR) is 193 cm³/mol. The Labute approximate surface area is 272 Å². The number of benzene rings is 3. The summed E-state index contributed by atoms with van der Waals surface area (Å²) in [7, 11) is 5.94. The molecule has 0 spiro atoms. The third-order valence-electron chi connectivity index (χ3n) is 6.72. The molecule has 0 radical (unpaired) electrons. The average molecular weight is 639 g/mol. The molecule has 2 atom stereocenters. The quantitative estimate of drug-likeness (QED) is 0.182. The van der Waals surface area contributed by atoms with Crippen molar-refractivity contribution in [1.29, 1.82) is 0 Å². The second kappa shape index (κ2) is 12.9. The lowest BCUT2D eigenvalue weighted by Gasteiger charge is -2.48. The Morgan fingerprint density at radius 3 is 0.841 bits per heavy atom. The van der Waals surface area contributed by atoms with E-state index in [9.17, 15) is 0 Å². The fourth-order valence-corrected chi connectivity index (χ4v) is 7.69. The first-order valence-electron chi connectivity index (χ1n) is 15.5. The lowest BCUT2D eigenvalue weighted by Crippen LogP contribution is -2.46. The minimum atomic E-state index is -1.30. The molecule has 3 aromatic carbocycles. The Balaban J connectivity index is 2.79. The molecule has 4 nitrogen and oxygen atoms in total. The molecule has 0 fully saturated rings. The van der Waals surface area contributed by atoms with Crippen LogP contribution in [-0.2, 0) is 30.0 Å². The molecule has 0 aliphatic heterocycles. The standard InChI is InChI=1S/C38H56O4P2/c1-25-26(2)30(28-23-19-16-20-24-28)32(38(44,41-35(9,10)11)42-36(12,13)14)31(29(25)27-21-17-15-18-22-27)37(43,39-33(3,4)5)40-34(6,7)8/h15-24H,43-44H2,1-14H3. The van der Waals surface area contributed by atoms with E-state index in [1.165, 1.54) is 0 Å². The summed E-state index contributed by atoms with van der Waals surface area (Å²) in [6, 6.07) is 21.0. The average Bonchev–Trinajstić information content (AvgIpc) is 2.81. The summed E-state index contributed by atoms with van der Waals surface area (Å²) in [6.45, 7) is 29.1. The van der Waals surface area contributed by atoms with Crippen LogP contribution in [0, 0.1) is 13.8 Å². The largest absolute Gasteiger partial charge is 0.337 e. The summed E-state index contributed by atoms with van der Waals surface area (Å²) in [5.41, 5.74) is 3.28. The number of hydrogen-bond donors (Lipinski definition) is 0. The maximum Gasteiger partial charge on any atom is 0.209 e. The second-order valence-electron chi connectivity index (χ2n) is 15.7. The van der Waals surface area contributed by atoms with E-state index in [0.717, 1.165) is 44.5 Å². The van der Waals surface area contributed by atoms with E-state index in [1.54, 1.807) is 0 Å². The molecule has 0 saturated heterocycles. The zero-order chi connectivity index (χ0) is 33.5. The topological polar surface area (TPSA) is 36.9 Å². The van der Waals surface area contributed by atoms with Crippen LogP contribution >= 0.6 is 18.5 Å². The molecule has 0 aliphatic rings. The number of rotatable bonds is 8. The number of hydrogen-bond acceptors (Lipinski definition) is 4. The molecule has 0 bridgehead atoms. The highest BCUT2D eigenvalue weighted by Gasteiger charge is 2.50. The summed E-state index contributed by atoms with van der Waals surface area (Å²) in [5, 5.41) is 0. The van der Waals surface area contributed by atoms with Crippen molar-refractivity contribution in [1.82, 2.24) is 0 Å². The highest BCUT2D eigenvalue weighted by Crippen LogP contribution is 2.57. The van der Waals surface area contributed by atoms with Crippen molar-refractivity contribution in [2.45, 2.75) is 130 Å². The zero-order valence-corrected chi connectivity index (χ0v) is 31.9. The van der Waals surface area contributed by atoms with Gasteiger partial charge in [0.25, 0.3) is 0 Å². The minimum absolute atomic E-state index is 0.566. The van der Waals surface area contributed by atoms with Crippen LogP contribution in [0.4, 0.5) is 0 Å². The van der Waals surface area contributed by atoms with Crippen molar-refractivity contribution in [3.63, 3.8) is 0 Å². The summed E-state index contributed by atoms with van der Waals surface area (Å²) in [5.74, 6) is 0. The van der Waals surface area contributed by atoms with Crippen molar-refractivity contribution < 1.29 is 18.9 Å². The summed E-state index contributed by atoms with van der Waals surface area (Å²) >= 11 is 0.